The number of rotatable bonds is 4. The molecule has 0 aliphatic heterocycles. The maximum atomic E-state index is 13.1. The highest BCUT2D eigenvalue weighted by molar-refractivity contribution is 6.30. The lowest BCUT2D eigenvalue weighted by molar-refractivity contribution is 0.107. The summed E-state index contributed by atoms with van der Waals surface area (Å²) in [5.74, 6) is 0.239. The van der Waals surface area contributed by atoms with Crippen LogP contribution < -0.4 is 4.74 Å². The zero-order valence-electron chi connectivity index (χ0n) is 10.4. The molecule has 1 N–H and O–H groups in total. The van der Waals surface area contributed by atoms with Crippen molar-refractivity contribution < 1.29 is 14.2 Å². The van der Waals surface area contributed by atoms with E-state index in [0.717, 1.165) is 5.56 Å². The van der Waals surface area contributed by atoms with Gasteiger partial charge in [-0.3, -0.25) is 0 Å². The van der Waals surface area contributed by atoms with E-state index in [-0.39, 0.29) is 12.4 Å². The van der Waals surface area contributed by atoms with Crippen LogP contribution in [0.15, 0.2) is 42.5 Å². The lowest BCUT2D eigenvalue weighted by Gasteiger charge is -2.15. The van der Waals surface area contributed by atoms with Crippen LogP contribution in [0.25, 0.3) is 0 Å². The van der Waals surface area contributed by atoms with Gasteiger partial charge in [0.15, 0.2) is 0 Å². The molecule has 0 aromatic heterocycles. The Kier molecular flexibility index (Phi) is 4.40. The van der Waals surface area contributed by atoms with E-state index in [0.29, 0.717) is 16.3 Å². The van der Waals surface area contributed by atoms with Crippen molar-refractivity contribution in [1.82, 2.24) is 0 Å². The van der Waals surface area contributed by atoms with E-state index in [9.17, 15) is 9.50 Å². The molecule has 0 saturated carbocycles. The summed E-state index contributed by atoms with van der Waals surface area (Å²) in [7, 11) is 0. The molecule has 4 heteroatoms. The van der Waals surface area contributed by atoms with Gasteiger partial charge in [0.2, 0.25) is 0 Å². The highest BCUT2D eigenvalue weighted by atomic mass is 35.5. The van der Waals surface area contributed by atoms with Gasteiger partial charge >= 0.3 is 0 Å². The summed E-state index contributed by atoms with van der Waals surface area (Å²) in [6, 6.07) is 11.2. The van der Waals surface area contributed by atoms with Crippen LogP contribution in [0, 0.1) is 12.7 Å². The molecule has 0 aliphatic carbocycles. The minimum absolute atomic E-state index is 0.0614. The number of halogens is 2. The van der Waals surface area contributed by atoms with Gasteiger partial charge in [0.05, 0.1) is 0 Å². The van der Waals surface area contributed by atoms with Crippen LogP contribution in [0.4, 0.5) is 4.39 Å². The molecule has 0 heterocycles. The SMILES string of the molecule is Cc1ccc(F)cc1C(O)COc1ccc(Cl)cc1. The molecule has 0 spiro atoms. The molecule has 2 rings (SSSR count). The number of aryl methyl sites for hydroxylation is 1. The number of benzene rings is 2. The largest absolute Gasteiger partial charge is 0.491 e. The van der Waals surface area contributed by atoms with Crippen LogP contribution in [0.5, 0.6) is 5.75 Å². The van der Waals surface area contributed by atoms with E-state index < -0.39 is 6.10 Å². The van der Waals surface area contributed by atoms with Crippen LogP contribution in [-0.2, 0) is 0 Å². The molecule has 0 radical (unpaired) electrons. The summed E-state index contributed by atoms with van der Waals surface area (Å²) >= 11 is 5.76. The van der Waals surface area contributed by atoms with Crippen molar-refractivity contribution in [3.05, 3.63) is 64.4 Å². The van der Waals surface area contributed by atoms with Gasteiger partial charge in [-0.1, -0.05) is 17.7 Å². The van der Waals surface area contributed by atoms with Gasteiger partial charge in [-0.25, -0.2) is 4.39 Å². The van der Waals surface area contributed by atoms with Crippen molar-refractivity contribution in [3.8, 4) is 5.75 Å². The molecule has 0 bridgehead atoms. The standard InChI is InChI=1S/C15H14ClFO2/c1-10-2-5-12(17)8-14(10)15(18)9-19-13-6-3-11(16)4-7-13/h2-8,15,18H,9H2,1H3. The van der Waals surface area contributed by atoms with E-state index in [4.69, 9.17) is 16.3 Å². The van der Waals surface area contributed by atoms with E-state index >= 15 is 0 Å². The smallest absolute Gasteiger partial charge is 0.123 e. The lowest BCUT2D eigenvalue weighted by atomic mass is 10.0. The molecule has 0 amide bonds. The second-order valence-electron chi connectivity index (χ2n) is 4.28. The van der Waals surface area contributed by atoms with Crippen molar-refractivity contribution in [3.63, 3.8) is 0 Å². The van der Waals surface area contributed by atoms with Crippen LogP contribution in [0.1, 0.15) is 17.2 Å². The fraction of sp³-hybridized carbons (Fsp3) is 0.200. The first-order valence-electron chi connectivity index (χ1n) is 5.89. The lowest BCUT2D eigenvalue weighted by Crippen LogP contribution is -2.11. The fourth-order valence-electron chi connectivity index (χ4n) is 1.77. The van der Waals surface area contributed by atoms with E-state index in [1.807, 2.05) is 6.92 Å². The van der Waals surface area contributed by atoms with Crippen LogP contribution >= 0.6 is 11.6 Å². The highest BCUT2D eigenvalue weighted by Gasteiger charge is 2.12. The predicted molar refractivity (Wildman–Crippen MR) is 73.0 cm³/mol. The van der Waals surface area contributed by atoms with E-state index in [2.05, 4.69) is 0 Å². The predicted octanol–water partition coefficient (Wildman–Crippen LogP) is 3.90. The summed E-state index contributed by atoms with van der Waals surface area (Å²) in [5, 5.41) is 10.6. The van der Waals surface area contributed by atoms with Gasteiger partial charge in [-0.2, -0.15) is 0 Å². The topological polar surface area (TPSA) is 29.5 Å². The zero-order valence-corrected chi connectivity index (χ0v) is 11.2. The Labute approximate surface area is 116 Å². The Morgan fingerprint density at radius 3 is 2.58 bits per heavy atom. The first-order valence-corrected chi connectivity index (χ1v) is 6.26. The Morgan fingerprint density at radius 2 is 1.89 bits per heavy atom. The van der Waals surface area contributed by atoms with E-state index in [1.54, 1.807) is 30.3 Å². The second-order valence-corrected chi connectivity index (χ2v) is 4.72. The van der Waals surface area contributed by atoms with Gasteiger partial charge in [0.1, 0.15) is 24.3 Å². The van der Waals surface area contributed by atoms with Gasteiger partial charge in [-0.05, 0) is 54.4 Å². The third kappa shape index (κ3) is 3.69. The summed E-state index contributed by atoms with van der Waals surface area (Å²) in [6.07, 6.45) is -0.869. The highest BCUT2D eigenvalue weighted by Crippen LogP contribution is 2.21. The Morgan fingerprint density at radius 1 is 1.21 bits per heavy atom. The Hall–Kier alpha value is -1.58. The monoisotopic (exact) mass is 280 g/mol. The Bertz CT molecular complexity index is 555. The summed E-state index contributed by atoms with van der Waals surface area (Å²) in [5.41, 5.74) is 1.36. The molecule has 2 nitrogen and oxygen atoms in total. The number of aliphatic hydroxyl groups is 1. The molecule has 1 atom stereocenters. The third-order valence-corrected chi connectivity index (χ3v) is 3.07. The molecular weight excluding hydrogens is 267 g/mol. The van der Waals surface area contributed by atoms with Crippen LogP contribution in [0.3, 0.4) is 0 Å². The first-order chi connectivity index (χ1) is 9.06. The normalized spacial score (nSPS) is 12.2. The molecule has 0 fully saturated rings. The van der Waals surface area contributed by atoms with Crippen LogP contribution in [-0.4, -0.2) is 11.7 Å². The van der Waals surface area contributed by atoms with Gasteiger partial charge in [0, 0.05) is 5.02 Å². The molecule has 0 saturated heterocycles. The zero-order chi connectivity index (χ0) is 13.8. The second kappa shape index (κ2) is 6.04. The molecule has 100 valence electrons. The molecule has 0 aliphatic rings. The molecule has 1 unspecified atom stereocenters. The molecule has 2 aromatic rings. The average molecular weight is 281 g/mol. The summed E-state index contributed by atoms with van der Waals surface area (Å²) in [6.45, 7) is 1.88. The summed E-state index contributed by atoms with van der Waals surface area (Å²) < 4.78 is 18.6. The van der Waals surface area contributed by atoms with Crippen molar-refractivity contribution in [2.45, 2.75) is 13.0 Å². The number of aliphatic hydroxyl groups excluding tert-OH is 1. The molecule has 19 heavy (non-hydrogen) atoms. The minimum Gasteiger partial charge on any atom is -0.491 e. The quantitative estimate of drug-likeness (QED) is 0.920. The van der Waals surface area contributed by atoms with Crippen molar-refractivity contribution in [2.75, 3.05) is 6.61 Å². The van der Waals surface area contributed by atoms with Crippen molar-refractivity contribution >= 4 is 11.6 Å². The number of ether oxygens (including phenoxy) is 1. The molecular formula is C15H14ClFO2. The van der Waals surface area contributed by atoms with Gasteiger partial charge < -0.3 is 9.84 Å². The third-order valence-electron chi connectivity index (χ3n) is 2.82. The van der Waals surface area contributed by atoms with Crippen molar-refractivity contribution in [1.29, 1.82) is 0 Å². The van der Waals surface area contributed by atoms with Crippen molar-refractivity contribution in [2.24, 2.45) is 0 Å². The van der Waals surface area contributed by atoms with Crippen LogP contribution in [0.2, 0.25) is 5.02 Å². The average Bonchev–Trinajstić information content (AvgIpc) is 2.40. The Balaban J connectivity index is 2.03. The molecule has 2 aromatic carbocycles. The summed E-state index contributed by atoms with van der Waals surface area (Å²) in [4.78, 5) is 0. The van der Waals surface area contributed by atoms with Gasteiger partial charge in [0.25, 0.3) is 0 Å². The van der Waals surface area contributed by atoms with E-state index in [1.165, 1.54) is 12.1 Å². The van der Waals surface area contributed by atoms with Gasteiger partial charge in [-0.15, -0.1) is 0 Å². The minimum atomic E-state index is -0.869. The maximum absolute atomic E-state index is 13.1. The first kappa shape index (κ1) is 13.8. The number of hydrogen-bond acceptors (Lipinski definition) is 2. The fourth-order valence-corrected chi connectivity index (χ4v) is 1.89. The maximum Gasteiger partial charge on any atom is 0.123 e. The number of hydrogen-bond donors (Lipinski definition) is 1.